The molecular formula is C23H28Cl2N2O3S. The van der Waals surface area contributed by atoms with Crippen molar-refractivity contribution in [2.75, 3.05) is 13.1 Å². The van der Waals surface area contributed by atoms with Gasteiger partial charge in [-0.1, -0.05) is 66.0 Å². The highest BCUT2D eigenvalue weighted by Crippen LogP contribution is 2.27. The maximum Gasteiger partial charge on any atom is 0.223 e. The van der Waals surface area contributed by atoms with Crippen LogP contribution in [0.2, 0.25) is 10.0 Å². The highest BCUT2D eigenvalue weighted by atomic mass is 35.5. The second-order valence-corrected chi connectivity index (χ2v) is 10.8. The first kappa shape index (κ1) is 24.1. The zero-order valence-corrected chi connectivity index (χ0v) is 20.1. The largest absolute Gasteiger partial charge is 0.349 e. The molecule has 0 radical (unpaired) electrons. The molecule has 0 unspecified atom stereocenters. The van der Waals surface area contributed by atoms with Gasteiger partial charge in [-0.25, -0.2) is 12.7 Å². The van der Waals surface area contributed by atoms with Crippen molar-refractivity contribution in [3.63, 3.8) is 0 Å². The molecule has 2 aromatic carbocycles. The van der Waals surface area contributed by atoms with E-state index in [1.165, 1.54) is 9.87 Å². The van der Waals surface area contributed by atoms with Gasteiger partial charge in [-0.2, -0.15) is 0 Å². The monoisotopic (exact) mass is 482 g/mol. The van der Waals surface area contributed by atoms with Crippen LogP contribution in [-0.2, 0) is 20.6 Å². The minimum Gasteiger partial charge on any atom is -0.349 e. The SMILES string of the molecule is CC[C@H](NC(=O)C1CCN(S(=O)(=O)Cc2ccc(Cl)c(Cl)c2)CC1)c1ccc(C)cc1. The van der Waals surface area contributed by atoms with E-state index in [0.717, 1.165) is 12.0 Å². The maximum atomic E-state index is 12.8. The highest BCUT2D eigenvalue weighted by Gasteiger charge is 2.32. The number of nitrogens with one attached hydrogen (secondary N) is 1. The molecule has 0 spiro atoms. The van der Waals surface area contributed by atoms with Crippen molar-refractivity contribution in [2.45, 2.75) is 44.9 Å². The number of hydrogen-bond donors (Lipinski definition) is 1. The fourth-order valence-corrected chi connectivity index (χ4v) is 5.71. The zero-order valence-electron chi connectivity index (χ0n) is 17.8. The quantitative estimate of drug-likeness (QED) is 0.595. The fourth-order valence-electron chi connectivity index (χ4n) is 3.84. The molecule has 0 aliphatic carbocycles. The molecule has 3 rings (SSSR count). The molecule has 168 valence electrons. The van der Waals surface area contributed by atoms with Crippen LogP contribution in [0, 0.1) is 12.8 Å². The van der Waals surface area contributed by atoms with Crippen LogP contribution in [0.15, 0.2) is 42.5 Å². The average Bonchev–Trinajstić information content (AvgIpc) is 2.75. The number of halogens is 2. The van der Waals surface area contributed by atoms with Crippen molar-refractivity contribution in [2.24, 2.45) is 5.92 Å². The van der Waals surface area contributed by atoms with Gasteiger partial charge in [0.25, 0.3) is 0 Å². The molecule has 8 heteroatoms. The Bertz CT molecular complexity index is 1020. The van der Waals surface area contributed by atoms with E-state index in [1.807, 2.05) is 38.1 Å². The molecular weight excluding hydrogens is 455 g/mol. The van der Waals surface area contributed by atoms with E-state index in [-0.39, 0.29) is 23.6 Å². The van der Waals surface area contributed by atoms with Crippen molar-refractivity contribution < 1.29 is 13.2 Å². The third-order valence-corrected chi connectivity index (χ3v) is 8.34. The number of aryl methyl sites for hydroxylation is 1. The number of carbonyl (C=O) groups is 1. The van der Waals surface area contributed by atoms with Crippen LogP contribution < -0.4 is 5.32 Å². The van der Waals surface area contributed by atoms with E-state index in [1.54, 1.807) is 18.2 Å². The van der Waals surface area contributed by atoms with Crippen molar-refractivity contribution in [3.8, 4) is 0 Å². The molecule has 1 aliphatic heterocycles. The molecule has 1 saturated heterocycles. The summed E-state index contributed by atoms with van der Waals surface area (Å²) in [4.78, 5) is 12.8. The smallest absolute Gasteiger partial charge is 0.223 e. The molecule has 2 aromatic rings. The number of nitrogens with zero attached hydrogens (tertiary/aromatic N) is 1. The van der Waals surface area contributed by atoms with Crippen LogP contribution in [0.25, 0.3) is 0 Å². The number of hydrogen-bond acceptors (Lipinski definition) is 3. The summed E-state index contributed by atoms with van der Waals surface area (Å²) in [6, 6.07) is 13.0. The highest BCUT2D eigenvalue weighted by molar-refractivity contribution is 7.88. The Morgan fingerprint density at radius 2 is 1.74 bits per heavy atom. The first-order valence-electron chi connectivity index (χ1n) is 10.5. The van der Waals surface area contributed by atoms with E-state index >= 15 is 0 Å². The Morgan fingerprint density at radius 3 is 2.32 bits per heavy atom. The molecule has 31 heavy (non-hydrogen) atoms. The van der Waals surface area contributed by atoms with Gasteiger partial charge in [0.15, 0.2) is 0 Å². The van der Waals surface area contributed by atoms with E-state index in [9.17, 15) is 13.2 Å². The van der Waals surface area contributed by atoms with Crippen LogP contribution in [-0.4, -0.2) is 31.7 Å². The van der Waals surface area contributed by atoms with Gasteiger partial charge < -0.3 is 5.32 Å². The number of rotatable bonds is 7. The van der Waals surface area contributed by atoms with Gasteiger partial charge in [0.1, 0.15) is 0 Å². The topological polar surface area (TPSA) is 66.5 Å². The van der Waals surface area contributed by atoms with Gasteiger partial charge in [0, 0.05) is 19.0 Å². The van der Waals surface area contributed by atoms with Gasteiger partial charge in [0.2, 0.25) is 15.9 Å². The number of carbonyl (C=O) groups excluding carboxylic acids is 1. The van der Waals surface area contributed by atoms with Crippen LogP contribution in [0.5, 0.6) is 0 Å². The molecule has 1 aliphatic rings. The van der Waals surface area contributed by atoms with Gasteiger partial charge in [-0.3, -0.25) is 4.79 Å². The van der Waals surface area contributed by atoms with Crippen molar-refractivity contribution in [3.05, 3.63) is 69.2 Å². The van der Waals surface area contributed by atoms with Crippen molar-refractivity contribution in [1.82, 2.24) is 9.62 Å². The second kappa shape index (κ2) is 10.3. The average molecular weight is 483 g/mol. The van der Waals surface area contributed by atoms with Crippen LogP contribution in [0.4, 0.5) is 0 Å². The van der Waals surface area contributed by atoms with Gasteiger partial charge in [0.05, 0.1) is 21.8 Å². The predicted octanol–water partition coefficient (Wildman–Crippen LogP) is 5.11. The summed E-state index contributed by atoms with van der Waals surface area (Å²) in [6.45, 7) is 4.75. The van der Waals surface area contributed by atoms with E-state index < -0.39 is 10.0 Å². The lowest BCUT2D eigenvalue weighted by molar-refractivity contribution is -0.126. The summed E-state index contributed by atoms with van der Waals surface area (Å²) in [5.41, 5.74) is 2.86. The molecule has 1 amide bonds. The number of piperidine rings is 1. The Hall–Kier alpha value is -1.60. The van der Waals surface area contributed by atoms with E-state index in [4.69, 9.17) is 23.2 Å². The second-order valence-electron chi connectivity index (χ2n) is 8.06. The van der Waals surface area contributed by atoms with E-state index in [2.05, 4.69) is 5.32 Å². The van der Waals surface area contributed by atoms with E-state index in [0.29, 0.717) is 41.5 Å². The third-order valence-electron chi connectivity index (χ3n) is 5.76. The minimum atomic E-state index is -3.49. The predicted molar refractivity (Wildman–Crippen MR) is 126 cm³/mol. The minimum absolute atomic E-state index is 0.00560. The van der Waals surface area contributed by atoms with Crippen LogP contribution in [0.1, 0.15) is 48.9 Å². The lowest BCUT2D eigenvalue weighted by Crippen LogP contribution is -2.44. The number of amides is 1. The first-order chi connectivity index (χ1) is 14.7. The Balaban J connectivity index is 1.57. The Kier molecular flexibility index (Phi) is 8.03. The van der Waals surface area contributed by atoms with Crippen LogP contribution in [0.3, 0.4) is 0 Å². The molecule has 1 atom stereocenters. The maximum absolute atomic E-state index is 12.8. The summed E-state index contributed by atoms with van der Waals surface area (Å²) in [5.74, 6) is -0.323. The Morgan fingerprint density at radius 1 is 1.10 bits per heavy atom. The third kappa shape index (κ3) is 6.22. The normalized spacial score (nSPS) is 16.8. The zero-order chi connectivity index (χ0) is 22.6. The van der Waals surface area contributed by atoms with Gasteiger partial charge in [-0.15, -0.1) is 0 Å². The molecule has 1 fully saturated rings. The van der Waals surface area contributed by atoms with Gasteiger partial charge in [-0.05, 0) is 49.4 Å². The Labute approximate surface area is 194 Å². The lowest BCUT2D eigenvalue weighted by Gasteiger charge is -2.31. The molecule has 0 aromatic heterocycles. The fraction of sp³-hybridized carbons (Fsp3) is 0.435. The number of benzene rings is 2. The van der Waals surface area contributed by atoms with Gasteiger partial charge >= 0.3 is 0 Å². The van der Waals surface area contributed by atoms with Crippen LogP contribution >= 0.6 is 23.2 Å². The summed E-state index contributed by atoms with van der Waals surface area (Å²) in [7, 11) is -3.49. The van der Waals surface area contributed by atoms with Crippen molar-refractivity contribution in [1.29, 1.82) is 0 Å². The molecule has 1 heterocycles. The van der Waals surface area contributed by atoms with Crippen molar-refractivity contribution >= 4 is 39.1 Å². The molecule has 5 nitrogen and oxygen atoms in total. The molecule has 1 N–H and O–H groups in total. The molecule has 0 bridgehead atoms. The summed E-state index contributed by atoms with van der Waals surface area (Å²) < 4.78 is 27.1. The standard InChI is InChI=1S/C23H28Cl2N2O3S/c1-3-22(18-7-4-16(2)5-8-18)26-23(28)19-10-12-27(13-11-19)31(29,30)15-17-6-9-20(24)21(25)14-17/h4-9,14,19,22H,3,10-13,15H2,1-2H3,(H,26,28)/t22-/m0/s1. The molecule has 0 saturated carbocycles. The lowest BCUT2D eigenvalue weighted by atomic mass is 9.95. The summed E-state index contributed by atoms with van der Waals surface area (Å²) in [6.07, 6.45) is 1.82. The number of sulfonamides is 1. The summed E-state index contributed by atoms with van der Waals surface area (Å²) in [5, 5.41) is 3.87. The first-order valence-corrected chi connectivity index (χ1v) is 12.8. The summed E-state index contributed by atoms with van der Waals surface area (Å²) >= 11 is 11.9.